The molecule has 0 heterocycles. The summed E-state index contributed by atoms with van der Waals surface area (Å²) < 4.78 is 69.1. The summed E-state index contributed by atoms with van der Waals surface area (Å²) in [6.45, 7) is 1.33. The number of carbonyl (C=O) groups is 1. The second-order valence-corrected chi connectivity index (χ2v) is 3.74. The Morgan fingerprint density at radius 2 is 1.42 bits per heavy atom. The number of ether oxygens (including phenoxy) is 1. The maximum absolute atomic E-state index is 13.1. The van der Waals surface area contributed by atoms with Gasteiger partial charge in [-0.15, -0.1) is 0 Å². The molecule has 19 heavy (non-hydrogen) atoms. The number of carbonyl (C=O) groups excluding carboxylic acids is 1. The molecule has 0 radical (unpaired) electrons. The number of benzene rings is 1. The van der Waals surface area contributed by atoms with E-state index < -0.39 is 34.8 Å². The Balaban J connectivity index is 2.77. The molecule has 1 rings (SSSR count). The van der Waals surface area contributed by atoms with E-state index in [-0.39, 0.29) is 25.2 Å². The molecule has 0 bridgehead atoms. The van der Waals surface area contributed by atoms with E-state index in [1.807, 2.05) is 0 Å². The molecule has 0 fully saturated rings. The van der Waals surface area contributed by atoms with E-state index in [1.54, 1.807) is 6.92 Å². The van der Waals surface area contributed by atoms with Crippen molar-refractivity contribution >= 4 is 5.78 Å². The summed E-state index contributed by atoms with van der Waals surface area (Å²) in [5.41, 5.74) is 0. The van der Waals surface area contributed by atoms with Gasteiger partial charge in [0.1, 0.15) is 5.78 Å². The minimum absolute atomic E-state index is 0.0824. The van der Waals surface area contributed by atoms with Gasteiger partial charge in [-0.1, -0.05) is 6.92 Å². The van der Waals surface area contributed by atoms with Crippen LogP contribution < -0.4 is 4.74 Å². The summed E-state index contributed by atoms with van der Waals surface area (Å²) >= 11 is 0. The predicted octanol–water partition coefficient (Wildman–Crippen LogP) is 3.52. The topological polar surface area (TPSA) is 26.3 Å². The van der Waals surface area contributed by atoms with Gasteiger partial charge in [-0.05, 0) is 6.42 Å². The molecule has 106 valence electrons. The molecule has 0 amide bonds. The first-order chi connectivity index (χ1) is 8.90. The Hall–Kier alpha value is -1.66. The van der Waals surface area contributed by atoms with E-state index in [2.05, 4.69) is 4.74 Å². The van der Waals surface area contributed by atoms with Gasteiger partial charge in [-0.2, -0.15) is 8.78 Å². The number of Topliss-reactive ketones (excluding diaryl/α,β-unsaturated/α-hetero) is 1. The highest BCUT2D eigenvalue weighted by Crippen LogP contribution is 2.29. The summed E-state index contributed by atoms with van der Waals surface area (Å²) in [4.78, 5) is 10.9. The molecule has 1 aromatic rings. The van der Waals surface area contributed by atoms with Crippen molar-refractivity contribution in [1.29, 1.82) is 0 Å². The summed E-state index contributed by atoms with van der Waals surface area (Å²) in [6.07, 6.45) is 0.556. The fraction of sp³-hybridized carbons (Fsp3) is 0.417. The Morgan fingerprint density at radius 1 is 0.947 bits per heavy atom. The standard InChI is InChI=1S/C12H11F5O2/c1-2-6(18)4-3-5-19-12-10(16)8(14)7(13)9(15)11(12)17/h2-5H2,1H3. The Morgan fingerprint density at radius 3 is 1.89 bits per heavy atom. The summed E-state index contributed by atoms with van der Waals surface area (Å²) in [7, 11) is 0. The largest absolute Gasteiger partial charge is 0.487 e. The summed E-state index contributed by atoms with van der Waals surface area (Å²) in [5, 5.41) is 0. The zero-order valence-corrected chi connectivity index (χ0v) is 10.0. The third-order valence-electron chi connectivity index (χ3n) is 2.41. The van der Waals surface area contributed by atoms with Crippen molar-refractivity contribution < 1.29 is 31.5 Å². The lowest BCUT2D eigenvalue weighted by molar-refractivity contribution is -0.118. The van der Waals surface area contributed by atoms with Crippen molar-refractivity contribution in [2.45, 2.75) is 26.2 Å². The zero-order valence-electron chi connectivity index (χ0n) is 10.0. The maximum atomic E-state index is 13.1. The molecular formula is C12H11F5O2. The molecule has 0 spiro atoms. The van der Waals surface area contributed by atoms with E-state index in [0.29, 0.717) is 6.42 Å². The van der Waals surface area contributed by atoms with Crippen molar-refractivity contribution in [3.63, 3.8) is 0 Å². The van der Waals surface area contributed by atoms with Crippen LogP contribution in [0, 0.1) is 29.1 Å². The fourth-order valence-corrected chi connectivity index (χ4v) is 1.33. The van der Waals surface area contributed by atoms with Crippen LogP contribution >= 0.6 is 0 Å². The van der Waals surface area contributed by atoms with Crippen molar-refractivity contribution in [2.75, 3.05) is 6.61 Å². The Labute approximate surface area is 106 Å². The van der Waals surface area contributed by atoms with Gasteiger partial charge >= 0.3 is 0 Å². The van der Waals surface area contributed by atoms with E-state index in [4.69, 9.17) is 0 Å². The van der Waals surface area contributed by atoms with Gasteiger partial charge in [-0.3, -0.25) is 4.79 Å². The number of rotatable bonds is 6. The van der Waals surface area contributed by atoms with Crippen LogP contribution in [0.1, 0.15) is 26.2 Å². The van der Waals surface area contributed by atoms with E-state index in [0.717, 1.165) is 0 Å². The lowest BCUT2D eigenvalue weighted by Gasteiger charge is -2.09. The van der Waals surface area contributed by atoms with Crippen LogP contribution in [0.15, 0.2) is 0 Å². The molecule has 0 saturated heterocycles. The van der Waals surface area contributed by atoms with Gasteiger partial charge < -0.3 is 4.74 Å². The predicted molar refractivity (Wildman–Crippen MR) is 56.3 cm³/mol. The second kappa shape index (κ2) is 6.49. The maximum Gasteiger partial charge on any atom is 0.206 e. The lowest BCUT2D eigenvalue weighted by Crippen LogP contribution is -2.09. The summed E-state index contributed by atoms with van der Waals surface area (Å²) in [5.74, 6) is -11.8. The minimum atomic E-state index is -2.23. The van der Waals surface area contributed by atoms with Crippen molar-refractivity contribution in [3.05, 3.63) is 29.1 Å². The first-order valence-corrected chi connectivity index (χ1v) is 5.56. The van der Waals surface area contributed by atoms with Gasteiger partial charge in [0.15, 0.2) is 5.75 Å². The number of ketones is 1. The lowest BCUT2D eigenvalue weighted by atomic mass is 10.2. The molecule has 0 aliphatic carbocycles. The van der Waals surface area contributed by atoms with Gasteiger partial charge in [-0.25, -0.2) is 13.2 Å². The highest BCUT2D eigenvalue weighted by molar-refractivity contribution is 5.77. The second-order valence-electron chi connectivity index (χ2n) is 3.74. The number of hydrogen-bond donors (Lipinski definition) is 0. The molecule has 0 aromatic heterocycles. The number of hydrogen-bond acceptors (Lipinski definition) is 2. The van der Waals surface area contributed by atoms with Crippen LogP contribution in [0.3, 0.4) is 0 Å². The quantitative estimate of drug-likeness (QED) is 0.345. The van der Waals surface area contributed by atoms with E-state index in [1.165, 1.54) is 0 Å². The molecule has 0 N–H and O–H groups in total. The zero-order chi connectivity index (χ0) is 14.6. The molecule has 0 aliphatic heterocycles. The van der Waals surface area contributed by atoms with Gasteiger partial charge in [0.2, 0.25) is 29.1 Å². The average Bonchev–Trinajstić information content (AvgIpc) is 2.41. The van der Waals surface area contributed by atoms with Crippen LogP contribution in [0.2, 0.25) is 0 Å². The molecule has 1 aromatic carbocycles. The highest BCUT2D eigenvalue weighted by atomic mass is 19.2. The summed E-state index contributed by atoms with van der Waals surface area (Å²) in [6, 6.07) is 0. The Kier molecular flexibility index (Phi) is 5.26. The first-order valence-electron chi connectivity index (χ1n) is 5.56. The van der Waals surface area contributed by atoms with Gasteiger partial charge in [0, 0.05) is 12.8 Å². The van der Waals surface area contributed by atoms with Gasteiger partial charge in [0.25, 0.3) is 0 Å². The number of halogens is 5. The molecule has 0 atom stereocenters. The first kappa shape index (κ1) is 15.4. The molecular weight excluding hydrogens is 271 g/mol. The van der Waals surface area contributed by atoms with Crippen LogP contribution in [0.25, 0.3) is 0 Å². The Bertz CT molecular complexity index is 458. The smallest absolute Gasteiger partial charge is 0.206 e. The third kappa shape index (κ3) is 3.42. The van der Waals surface area contributed by atoms with Gasteiger partial charge in [0.05, 0.1) is 6.61 Å². The highest BCUT2D eigenvalue weighted by Gasteiger charge is 2.26. The molecule has 2 nitrogen and oxygen atoms in total. The van der Waals surface area contributed by atoms with Crippen molar-refractivity contribution in [1.82, 2.24) is 0 Å². The minimum Gasteiger partial charge on any atom is -0.487 e. The van der Waals surface area contributed by atoms with Crippen LogP contribution in [-0.4, -0.2) is 12.4 Å². The SMILES string of the molecule is CCC(=O)CCCOc1c(F)c(F)c(F)c(F)c1F. The molecule has 0 saturated carbocycles. The van der Waals surface area contributed by atoms with Crippen LogP contribution in [0.4, 0.5) is 22.0 Å². The van der Waals surface area contributed by atoms with E-state index >= 15 is 0 Å². The average molecular weight is 282 g/mol. The van der Waals surface area contributed by atoms with Crippen LogP contribution in [0.5, 0.6) is 5.75 Å². The van der Waals surface area contributed by atoms with Crippen molar-refractivity contribution in [3.8, 4) is 5.75 Å². The molecule has 7 heteroatoms. The molecule has 0 aliphatic rings. The van der Waals surface area contributed by atoms with Crippen LogP contribution in [-0.2, 0) is 4.79 Å². The monoisotopic (exact) mass is 282 g/mol. The fourth-order valence-electron chi connectivity index (χ4n) is 1.33. The van der Waals surface area contributed by atoms with E-state index in [9.17, 15) is 26.7 Å². The third-order valence-corrected chi connectivity index (χ3v) is 2.41. The van der Waals surface area contributed by atoms with Crippen molar-refractivity contribution in [2.24, 2.45) is 0 Å². The normalized spacial score (nSPS) is 10.6. The molecule has 0 unspecified atom stereocenters.